The standard InChI is InChI=1S/C15H16ClNO3/c1-10-6-13-11(7-12(10)16)2-3-15(20-13)4-5-17(9-15)8-14(18)19/h2-3,6-7H,4-5,8-9H2,1H3,(H,18,19). The molecule has 2 aliphatic rings. The lowest BCUT2D eigenvalue weighted by molar-refractivity contribution is -0.138. The van der Waals surface area contributed by atoms with Crippen molar-refractivity contribution in [1.29, 1.82) is 0 Å². The topological polar surface area (TPSA) is 49.8 Å². The van der Waals surface area contributed by atoms with Crippen LogP contribution < -0.4 is 4.74 Å². The van der Waals surface area contributed by atoms with Crippen LogP contribution in [-0.2, 0) is 4.79 Å². The van der Waals surface area contributed by atoms with Crippen molar-refractivity contribution >= 4 is 23.6 Å². The fourth-order valence-corrected chi connectivity index (χ4v) is 2.99. The summed E-state index contributed by atoms with van der Waals surface area (Å²) in [7, 11) is 0. The molecule has 0 aromatic heterocycles. The number of benzene rings is 1. The Hall–Kier alpha value is -1.52. The zero-order valence-corrected chi connectivity index (χ0v) is 12.0. The molecule has 2 heterocycles. The number of ether oxygens (including phenoxy) is 1. The molecule has 4 nitrogen and oxygen atoms in total. The number of aryl methyl sites for hydroxylation is 1. The van der Waals surface area contributed by atoms with Crippen LogP contribution in [0.5, 0.6) is 5.75 Å². The lowest BCUT2D eigenvalue weighted by Gasteiger charge is -2.31. The predicted molar refractivity (Wildman–Crippen MR) is 77.3 cm³/mol. The first-order valence-corrected chi connectivity index (χ1v) is 6.98. The third-order valence-corrected chi connectivity index (χ3v) is 4.28. The van der Waals surface area contributed by atoms with Crippen LogP contribution in [0.4, 0.5) is 0 Å². The van der Waals surface area contributed by atoms with E-state index in [1.807, 2.05) is 36.1 Å². The number of carboxylic acid groups (broad SMARTS) is 1. The number of halogens is 1. The summed E-state index contributed by atoms with van der Waals surface area (Å²) in [6.07, 6.45) is 4.86. The first kappa shape index (κ1) is 13.5. The van der Waals surface area contributed by atoms with Gasteiger partial charge in [-0.15, -0.1) is 0 Å². The summed E-state index contributed by atoms with van der Waals surface area (Å²) in [5.41, 5.74) is 1.56. The van der Waals surface area contributed by atoms with Crippen molar-refractivity contribution in [1.82, 2.24) is 4.90 Å². The van der Waals surface area contributed by atoms with Gasteiger partial charge in [-0.2, -0.15) is 0 Å². The van der Waals surface area contributed by atoms with Crippen LogP contribution in [0.3, 0.4) is 0 Å². The van der Waals surface area contributed by atoms with E-state index in [1.54, 1.807) is 0 Å². The van der Waals surface area contributed by atoms with Crippen molar-refractivity contribution in [3.63, 3.8) is 0 Å². The van der Waals surface area contributed by atoms with Gasteiger partial charge in [0.25, 0.3) is 0 Å². The number of hydrogen-bond donors (Lipinski definition) is 1. The van der Waals surface area contributed by atoms with Gasteiger partial charge in [-0.25, -0.2) is 0 Å². The number of aliphatic carboxylic acids is 1. The molecule has 1 aromatic rings. The van der Waals surface area contributed by atoms with E-state index in [1.165, 1.54) is 0 Å². The minimum atomic E-state index is -0.801. The second-order valence-electron chi connectivity index (χ2n) is 5.49. The van der Waals surface area contributed by atoms with E-state index in [4.69, 9.17) is 21.4 Å². The van der Waals surface area contributed by atoms with Gasteiger partial charge in [-0.3, -0.25) is 9.69 Å². The number of carbonyl (C=O) groups is 1. The fourth-order valence-electron chi connectivity index (χ4n) is 2.81. The van der Waals surface area contributed by atoms with Gasteiger partial charge in [0.05, 0.1) is 6.54 Å². The third-order valence-electron chi connectivity index (χ3n) is 3.87. The van der Waals surface area contributed by atoms with Gasteiger partial charge in [0.15, 0.2) is 0 Å². The highest BCUT2D eigenvalue weighted by Gasteiger charge is 2.40. The second-order valence-corrected chi connectivity index (χ2v) is 5.90. The van der Waals surface area contributed by atoms with Crippen LogP contribution in [0, 0.1) is 6.92 Å². The zero-order valence-electron chi connectivity index (χ0n) is 11.2. The molecule has 2 aliphatic heterocycles. The van der Waals surface area contributed by atoms with Crippen molar-refractivity contribution in [2.45, 2.75) is 18.9 Å². The zero-order chi connectivity index (χ0) is 14.3. The first-order valence-electron chi connectivity index (χ1n) is 6.60. The van der Waals surface area contributed by atoms with E-state index in [9.17, 15) is 4.79 Å². The minimum absolute atomic E-state index is 0.0610. The Morgan fingerprint density at radius 1 is 1.55 bits per heavy atom. The average Bonchev–Trinajstić information content (AvgIpc) is 2.73. The van der Waals surface area contributed by atoms with Gasteiger partial charge in [0.2, 0.25) is 0 Å². The highest BCUT2D eigenvalue weighted by atomic mass is 35.5. The Labute approximate surface area is 122 Å². The second kappa shape index (κ2) is 4.79. The Balaban J connectivity index is 1.83. The maximum absolute atomic E-state index is 10.8. The molecule has 1 unspecified atom stereocenters. The highest BCUT2D eigenvalue weighted by Crippen LogP contribution is 2.38. The molecule has 1 N–H and O–H groups in total. The van der Waals surface area contributed by atoms with E-state index >= 15 is 0 Å². The van der Waals surface area contributed by atoms with Crippen LogP contribution in [0.1, 0.15) is 17.5 Å². The van der Waals surface area contributed by atoms with E-state index in [2.05, 4.69) is 0 Å². The highest BCUT2D eigenvalue weighted by molar-refractivity contribution is 6.31. The SMILES string of the molecule is Cc1cc2c(cc1Cl)C=CC1(CCN(CC(=O)O)C1)O2. The number of nitrogens with zero attached hydrogens (tertiary/aromatic N) is 1. The Bertz CT molecular complexity index is 599. The summed E-state index contributed by atoms with van der Waals surface area (Å²) in [6.45, 7) is 3.35. The monoisotopic (exact) mass is 293 g/mol. The summed E-state index contributed by atoms with van der Waals surface area (Å²) in [5, 5.41) is 9.60. The van der Waals surface area contributed by atoms with Crippen LogP contribution >= 0.6 is 11.6 Å². The molecule has 20 heavy (non-hydrogen) atoms. The molecule has 0 aliphatic carbocycles. The van der Waals surface area contributed by atoms with Crippen molar-refractivity contribution < 1.29 is 14.6 Å². The molecule has 1 saturated heterocycles. The van der Waals surface area contributed by atoms with E-state index in [-0.39, 0.29) is 6.54 Å². The molecule has 0 bridgehead atoms. The van der Waals surface area contributed by atoms with Gasteiger partial charge >= 0.3 is 5.97 Å². The van der Waals surface area contributed by atoms with E-state index in [0.29, 0.717) is 6.54 Å². The van der Waals surface area contributed by atoms with Crippen molar-refractivity contribution in [3.8, 4) is 5.75 Å². The maximum atomic E-state index is 10.8. The van der Waals surface area contributed by atoms with Gasteiger partial charge in [0.1, 0.15) is 11.4 Å². The largest absolute Gasteiger partial charge is 0.481 e. The molecule has 0 radical (unpaired) electrons. The van der Waals surface area contributed by atoms with Gasteiger partial charge in [-0.1, -0.05) is 17.7 Å². The molecule has 0 saturated carbocycles. The minimum Gasteiger partial charge on any atom is -0.481 e. The van der Waals surface area contributed by atoms with Gasteiger partial charge in [-0.05, 0) is 30.7 Å². The Morgan fingerprint density at radius 2 is 2.35 bits per heavy atom. The molecular weight excluding hydrogens is 278 g/mol. The molecule has 1 fully saturated rings. The van der Waals surface area contributed by atoms with Crippen LogP contribution in [0.25, 0.3) is 6.08 Å². The number of fused-ring (bicyclic) bond motifs is 1. The maximum Gasteiger partial charge on any atom is 0.317 e. The van der Waals surface area contributed by atoms with Crippen LogP contribution in [0.15, 0.2) is 18.2 Å². The summed E-state index contributed by atoms with van der Waals surface area (Å²) in [5.74, 6) is 0.0245. The van der Waals surface area contributed by atoms with Gasteiger partial charge < -0.3 is 9.84 Å². The molecule has 3 rings (SSSR count). The smallest absolute Gasteiger partial charge is 0.317 e. The number of hydrogen-bond acceptors (Lipinski definition) is 3. The quantitative estimate of drug-likeness (QED) is 0.910. The third kappa shape index (κ3) is 2.41. The van der Waals surface area contributed by atoms with Crippen LogP contribution in [-0.4, -0.2) is 41.2 Å². The number of likely N-dealkylation sites (tertiary alicyclic amines) is 1. The molecular formula is C15H16ClNO3. The molecule has 0 amide bonds. The van der Waals surface area contributed by atoms with Gasteiger partial charge in [0, 0.05) is 30.1 Å². The van der Waals surface area contributed by atoms with Crippen molar-refractivity contribution in [3.05, 3.63) is 34.4 Å². The molecule has 1 aromatic carbocycles. The summed E-state index contributed by atoms with van der Waals surface area (Å²) >= 11 is 6.11. The summed E-state index contributed by atoms with van der Waals surface area (Å²) in [6, 6.07) is 3.85. The molecule has 1 atom stereocenters. The number of carboxylic acids is 1. The average molecular weight is 294 g/mol. The number of rotatable bonds is 2. The normalized spacial score (nSPS) is 24.7. The first-order chi connectivity index (χ1) is 9.47. The summed E-state index contributed by atoms with van der Waals surface area (Å²) < 4.78 is 6.15. The molecule has 106 valence electrons. The van der Waals surface area contributed by atoms with Crippen molar-refractivity contribution in [2.24, 2.45) is 0 Å². The Morgan fingerprint density at radius 3 is 3.10 bits per heavy atom. The van der Waals surface area contributed by atoms with E-state index < -0.39 is 11.6 Å². The molecule has 5 heteroatoms. The fraction of sp³-hybridized carbons (Fsp3) is 0.400. The Kier molecular flexibility index (Phi) is 3.22. The van der Waals surface area contributed by atoms with Crippen LogP contribution in [0.2, 0.25) is 5.02 Å². The molecule has 1 spiro atoms. The van der Waals surface area contributed by atoms with Crippen molar-refractivity contribution in [2.75, 3.05) is 19.6 Å². The summed E-state index contributed by atoms with van der Waals surface area (Å²) in [4.78, 5) is 12.7. The lowest BCUT2D eigenvalue weighted by atomic mass is 9.97. The lowest BCUT2D eigenvalue weighted by Crippen LogP contribution is -2.40. The predicted octanol–water partition coefficient (Wildman–Crippen LogP) is 2.58. The van der Waals surface area contributed by atoms with E-state index in [0.717, 1.165) is 34.9 Å².